The normalized spacial score (nSPS) is 10.3. The van der Waals surface area contributed by atoms with Gasteiger partial charge in [0.1, 0.15) is 0 Å². The first-order valence-electron chi connectivity index (χ1n) is 2.93. The summed E-state index contributed by atoms with van der Waals surface area (Å²) in [6, 6.07) is 1.39. The molecule has 0 saturated carbocycles. The van der Waals surface area contributed by atoms with Gasteiger partial charge < -0.3 is 0 Å². The first-order chi connectivity index (χ1) is 5.15. The van der Waals surface area contributed by atoms with Crippen molar-refractivity contribution in [1.29, 1.82) is 0 Å². The third kappa shape index (κ3) is 1.89. The molecule has 0 radical (unpaired) electrons. The maximum absolute atomic E-state index is 12.6. The average Bonchev–Trinajstić information content (AvgIpc) is 1.85. The molecule has 0 aliphatic rings. The SMILES string of the molecule is Fc1cc(F)c([CH2][Sn+3])c(F)c1. The van der Waals surface area contributed by atoms with Crippen LogP contribution in [0.25, 0.3) is 0 Å². The van der Waals surface area contributed by atoms with Gasteiger partial charge in [0.25, 0.3) is 0 Å². The maximum atomic E-state index is 12.6. The van der Waals surface area contributed by atoms with E-state index in [1.165, 1.54) is 0 Å². The summed E-state index contributed by atoms with van der Waals surface area (Å²) < 4.78 is 37.9. The molecule has 54 valence electrons. The predicted octanol–water partition coefficient (Wildman–Crippen LogP) is 1.77. The van der Waals surface area contributed by atoms with Crippen molar-refractivity contribution in [3.05, 3.63) is 35.1 Å². The fourth-order valence-electron chi connectivity index (χ4n) is 0.741. The summed E-state index contributed by atoms with van der Waals surface area (Å²) in [6.07, 6.45) is 0. The quantitative estimate of drug-likeness (QED) is 0.678. The van der Waals surface area contributed by atoms with E-state index < -0.39 is 17.5 Å². The zero-order valence-corrected chi connectivity index (χ0v) is 8.35. The van der Waals surface area contributed by atoms with Crippen LogP contribution in [-0.2, 0) is 4.44 Å². The molecule has 4 heteroatoms. The molecule has 0 unspecified atom stereocenters. The Morgan fingerprint density at radius 1 is 1.09 bits per heavy atom. The molecular weight excluding hydrogens is 260 g/mol. The van der Waals surface area contributed by atoms with Crippen molar-refractivity contribution in [2.24, 2.45) is 0 Å². The van der Waals surface area contributed by atoms with Crippen LogP contribution >= 0.6 is 0 Å². The van der Waals surface area contributed by atoms with Crippen molar-refractivity contribution in [3.63, 3.8) is 0 Å². The molecule has 0 nitrogen and oxygen atoms in total. The van der Waals surface area contributed by atoms with Gasteiger partial charge in [-0.2, -0.15) is 0 Å². The molecule has 0 aromatic heterocycles. The van der Waals surface area contributed by atoms with Crippen LogP contribution in [-0.4, -0.2) is 22.5 Å². The molecule has 0 spiro atoms. The van der Waals surface area contributed by atoms with Crippen molar-refractivity contribution in [1.82, 2.24) is 0 Å². The summed E-state index contributed by atoms with van der Waals surface area (Å²) in [4.78, 5) is 0. The second kappa shape index (κ2) is 3.47. The van der Waals surface area contributed by atoms with Crippen LogP contribution in [0.1, 0.15) is 5.56 Å². The van der Waals surface area contributed by atoms with Crippen LogP contribution in [0.5, 0.6) is 0 Å². The zero-order chi connectivity index (χ0) is 8.43. The molecule has 0 N–H and O–H groups in total. The summed E-state index contributed by atoms with van der Waals surface area (Å²) >= 11 is 1.00. The van der Waals surface area contributed by atoms with Crippen molar-refractivity contribution in [3.8, 4) is 0 Å². The Hall–Kier alpha value is -0.191. The summed E-state index contributed by atoms with van der Waals surface area (Å²) in [5, 5.41) is 0. The van der Waals surface area contributed by atoms with Crippen molar-refractivity contribution in [2.45, 2.75) is 4.44 Å². The topological polar surface area (TPSA) is 0 Å². The van der Waals surface area contributed by atoms with Crippen molar-refractivity contribution >= 4 is 22.5 Å². The van der Waals surface area contributed by atoms with Gasteiger partial charge in [0.05, 0.1) is 0 Å². The molecule has 0 atom stereocenters. The Bertz CT molecular complexity index is 249. The Morgan fingerprint density at radius 2 is 1.55 bits per heavy atom. The Labute approximate surface area is 75.5 Å². The average molecular weight is 264 g/mol. The van der Waals surface area contributed by atoms with E-state index in [2.05, 4.69) is 0 Å². The number of hydrogen-bond acceptors (Lipinski definition) is 0. The van der Waals surface area contributed by atoms with Gasteiger partial charge in [-0.05, 0) is 0 Å². The number of benzene rings is 1. The number of rotatable bonds is 1. The molecule has 0 amide bonds. The fourth-order valence-corrected chi connectivity index (χ4v) is 1.70. The van der Waals surface area contributed by atoms with E-state index in [1.54, 1.807) is 0 Å². The van der Waals surface area contributed by atoms with Crippen LogP contribution in [0.4, 0.5) is 13.2 Å². The monoisotopic (exact) mass is 265 g/mol. The van der Waals surface area contributed by atoms with Gasteiger partial charge in [-0.25, -0.2) is 0 Å². The molecule has 0 bridgehead atoms. The molecule has 1 aromatic rings. The van der Waals surface area contributed by atoms with E-state index in [1.807, 2.05) is 0 Å². The van der Waals surface area contributed by atoms with E-state index in [4.69, 9.17) is 0 Å². The van der Waals surface area contributed by atoms with Gasteiger partial charge in [0.2, 0.25) is 0 Å². The molecule has 0 fully saturated rings. The predicted molar refractivity (Wildman–Crippen MR) is 35.8 cm³/mol. The van der Waals surface area contributed by atoms with E-state index in [9.17, 15) is 13.2 Å². The molecular formula is C7H4F3Sn+3. The molecule has 0 aliphatic heterocycles. The third-order valence-electron chi connectivity index (χ3n) is 1.28. The van der Waals surface area contributed by atoms with Crippen LogP contribution in [0.2, 0.25) is 0 Å². The third-order valence-corrected chi connectivity index (χ3v) is 2.29. The first kappa shape index (κ1) is 8.90. The fraction of sp³-hybridized carbons (Fsp3) is 0.143. The van der Waals surface area contributed by atoms with E-state index >= 15 is 0 Å². The number of halogens is 3. The second-order valence-corrected chi connectivity index (χ2v) is 3.03. The Balaban J connectivity index is 3.25. The first-order valence-corrected chi connectivity index (χ1v) is 4.95. The van der Waals surface area contributed by atoms with Crippen LogP contribution in [0.3, 0.4) is 0 Å². The van der Waals surface area contributed by atoms with Crippen LogP contribution < -0.4 is 0 Å². The van der Waals surface area contributed by atoms with E-state index in [0.717, 1.165) is 22.5 Å². The van der Waals surface area contributed by atoms with Gasteiger partial charge >= 0.3 is 75.3 Å². The summed E-state index contributed by atoms with van der Waals surface area (Å²) in [7, 11) is 0. The Kier molecular flexibility index (Phi) is 2.81. The van der Waals surface area contributed by atoms with E-state index in [-0.39, 0.29) is 5.56 Å². The van der Waals surface area contributed by atoms with Gasteiger partial charge in [-0.1, -0.05) is 0 Å². The summed E-state index contributed by atoms with van der Waals surface area (Å²) in [5.41, 5.74) is -0.0235. The summed E-state index contributed by atoms with van der Waals surface area (Å²) in [6.45, 7) is 0. The summed E-state index contributed by atoms with van der Waals surface area (Å²) in [5.74, 6) is -2.45. The van der Waals surface area contributed by atoms with Gasteiger partial charge in [-0.3, -0.25) is 0 Å². The van der Waals surface area contributed by atoms with Gasteiger partial charge in [0, 0.05) is 0 Å². The standard InChI is InChI=1S/C7H4F3.Sn/c1-4-6(9)2-5(8)3-7(4)10;/h2-3H,1H2;/q;+3. The zero-order valence-electron chi connectivity index (χ0n) is 5.50. The van der Waals surface area contributed by atoms with Gasteiger partial charge in [-0.15, -0.1) is 0 Å². The molecule has 0 heterocycles. The Morgan fingerprint density at radius 3 is 1.91 bits per heavy atom. The minimum atomic E-state index is -0.868. The molecule has 0 saturated heterocycles. The number of hydrogen-bond donors (Lipinski definition) is 0. The minimum absolute atomic E-state index is 0.0235. The van der Waals surface area contributed by atoms with Crippen molar-refractivity contribution in [2.75, 3.05) is 0 Å². The van der Waals surface area contributed by atoms with Crippen LogP contribution in [0, 0.1) is 17.5 Å². The molecule has 1 rings (SSSR count). The second-order valence-electron chi connectivity index (χ2n) is 2.02. The molecule has 11 heavy (non-hydrogen) atoms. The van der Waals surface area contributed by atoms with Crippen molar-refractivity contribution < 1.29 is 13.2 Å². The molecule has 1 aromatic carbocycles. The molecule has 0 aliphatic carbocycles. The van der Waals surface area contributed by atoms with E-state index in [0.29, 0.717) is 16.6 Å². The van der Waals surface area contributed by atoms with Crippen LogP contribution in [0.15, 0.2) is 12.1 Å². The van der Waals surface area contributed by atoms with Gasteiger partial charge in [0.15, 0.2) is 0 Å².